The maximum atomic E-state index is 12.9. The summed E-state index contributed by atoms with van der Waals surface area (Å²) in [6, 6.07) is 0. The molecule has 2 heterocycles. The van der Waals surface area contributed by atoms with Crippen molar-refractivity contribution >= 4 is 11.8 Å². The zero-order chi connectivity index (χ0) is 13.7. The number of carbonyl (C=O) groups excluding carboxylic acids is 2. The zero-order valence-corrected chi connectivity index (χ0v) is 11.7. The lowest BCUT2D eigenvalue weighted by atomic mass is 9.90. The van der Waals surface area contributed by atoms with Crippen LogP contribution in [0.1, 0.15) is 39.5 Å². The molecule has 2 amide bonds. The van der Waals surface area contributed by atoms with E-state index >= 15 is 0 Å². The van der Waals surface area contributed by atoms with Crippen molar-refractivity contribution in [2.24, 2.45) is 5.92 Å². The average molecular weight is 266 g/mol. The number of nitrogens with one attached hydrogen (secondary N) is 1. The van der Waals surface area contributed by atoms with Crippen LogP contribution in [0.25, 0.3) is 0 Å². The third-order valence-corrected chi connectivity index (χ3v) is 4.89. The van der Waals surface area contributed by atoms with Gasteiger partial charge in [0.1, 0.15) is 5.54 Å². The van der Waals surface area contributed by atoms with Crippen LogP contribution in [0.15, 0.2) is 0 Å². The van der Waals surface area contributed by atoms with E-state index in [4.69, 9.17) is 4.74 Å². The van der Waals surface area contributed by atoms with Gasteiger partial charge in [0.2, 0.25) is 11.8 Å². The maximum absolute atomic E-state index is 12.9. The molecule has 1 N–H and O–H groups in total. The fourth-order valence-corrected chi connectivity index (χ4v) is 3.32. The molecule has 0 aromatic carbocycles. The van der Waals surface area contributed by atoms with E-state index in [0.717, 1.165) is 19.3 Å². The molecule has 1 saturated carbocycles. The first-order valence-electron chi connectivity index (χ1n) is 7.16. The first kappa shape index (κ1) is 12.9. The Hall–Kier alpha value is -1.10. The predicted molar refractivity (Wildman–Crippen MR) is 69.4 cm³/mol. The molecule has 3 aliphatic rings. The van der Waals surface area contributed by atoms with Gasteiger partial charge in [-0.15, -0.1) is 0 Å². The highest BCUT2D eigenvalue weighted by Crippen LogP contribution is 2.42. The van der Waals surface area contributed by atoms with Crippen molar-refractivity contribution < 1.29 is 14.3 Å². The summed E-state index contributed by atoms with van der Waals surface area (Å²) < 4.78 is 5.47. The van der Waals surface area contributed by atoms with E-state index in [0.29, 0.717) is 32.1 Å². The van der Waals surface area contributed by atoms with Crippen LogP contribution in [0.4, 0.5) is 0 Å². The summed E-state index contributed by atoms with van der Waals surface area (Å²) in [5.74, 6) is 0.372. The Morgan fingerprint density at radius 1 is 1.32 bits per heavy atom. The molecule has 0 bridgehead atoms. The van der Waals surface area contributed by atoms with Crippen molar-refractivity contribution in [2.45, 2.75) is 50.6 Å². The number of hydrogen-bond acceptors (Lipinski definition) is 3. The molecular weight excluding hydrogens is 244 g/mol. The summed E-state index contributed by atoms with van der Waals surface area (Å²) in [5.41, 5.74) is -0.960. The van der Waals surface area contributed by atoms with Crippen molar-refractivity contribution in [2.75, 3.05) is 19.8 Å². The standard InChI is InChI=1S/C14H22N2O3/c1-13(6-8-19-9-13)16-7-5-11(17)15-14(2,12(16)18)10-3-4-10/h10H,3-9H2,1-2H3,(H,15,17). The number of carbonyl (C=O) groups is 2. The second-order valence-corrected chi connectivity index (χ2v) is 6.53. The Bertz CT molecular complexity index is 413. The molecule has 3 fully saturated rings. The van der Waals surface area contributed by atoms with Crippen LogP contribution < -0.4 is 5.32 Å². The lowest BCUT2D eigenvalue weighted by Gasteiger charge is -2.41. The van der Waals surface area contributed by atoms with Gasteiger partial charge in [0.25, 0.3) is 0 Å². The van der Waals surface area contributed by atoms with Gasteiger partial charge in [0.05, 0.1) is 12.1 Å². The summed E-state index contributed by atoms with van der Waals surface area (Å²) >= 11 is 0. The minimum Gasteiger partial charge on any atom is -0.379 e. The van der Waals surface area contributed by atoms with E-state index in [-0.39, 0.29) is 17.4 Å². The highest BCUT2D eigenvalue weighted by atomic mass is 16.5. The molecule has 5 nitrogen and oxygen atoms in total. The maximum Gasteiger partial charge on any atom is 0.248 e. The fraction of sp³-hybridized carbons (Fsp3) is 0.857. The SMILES string of the molecule is CC1(C2CC2)NC(=O)CCN(C2(C)CCOC2)C1=O. The number of ether oxygens (including phenoxy) is 1. The van der Waals surface area contributed by atoms with E-state index < -0.39 is 5.54 Å². The Labute approximate surface area is 113 Å². The monoisotopic (exact) mass is 266 g/mol. The van der Waals surface area contributed by atoms with Crippen LogP contribution in [0, 0.1) is 5.92 Å². The van der Waals surface area contributed by atoms with Crippen LogP contribution in [-0.4, -0.2) is 47.6 Å². The zero-order valence-electron chi connectivity index (χ0n) is 11.7. The van der Waals surface area contributed by atoms with Crippen LogP contribution in [-0.2, 0) is 14.3 Å². The molecule has 0 radical (unpaired) electrons. The van der Waals surface area contributed by atoms with Crippen molar-refractivity contribution in [1.29, 1.82) is 0 Å². The molecule has 2 unspecified atom stereocenters. The van der Waals surface area contributed by atoms with Crippen LogP contribution in [0.5, 0.6) is 0 Å². The van der Waals surface area contributed by atoms with Gasteiger partial charge < -0.3 is 15.0 Å². The molecule has 2 saturated heterocycles. The molecule has 2 atom stereocenters. The molecule has 0 aromatic rings. The van der Waals surface area contributed by atoms with Gasteiger partial charge in [-0.3, -0.25) is 9.59 Å². The van der Waals surface area contributed by atoms with Crippen molar-refractivity contribution in [3.63, 3.8) is 0 Å². The van der Waals surface area contributed by atoms with E-state index in [9.17, 15) is 9.59 Å². The second-order valence-electron chi connectivity index (χ2n) is 6.53. The molecule has 0 spiro atoms. The Morgan fingerprint density at radius 2 is 2.05 bits per heavy atom. The van der Waals surface area contributed by atoms with Crippen molar-refractivity contribution in [3.8, 4) is 0 Å². The summed E-state index contributed by atoms with van der Waals surface area (Å²) in [7, 11) is 0. The second kappa shape index (κ2) is 4.20. The Kier molecular flexibility index (Phi) is 2.85. The van der Waals surface area contributed by atoms with Crippen LogP contribution in [0.2, 0.25) is 0 Å². The molecule has 5 heteroatoms. The summed E-state index contributed by atoms with van der Waals surface area (Å²) in [6.45, 7) is 5.74. The molecule has 2 aliphatic heterocycles. The third-order valence-electron chi connectivity index (χ3n) is 4.89. The number of hydrogen-bond donors (Lipinski definition) is 1. The molecule has 3 rings (SSSR count). The van der Waals surface area contributed by atoms with Gasteiger partial charge in [-0.2, -0.15) is 0 Å². The summed E-state index contributed by atoms with van der Waals surface area (Å²) in [4.78, 5) is 26.8. The molecule has 19 heavy (non-hydrogen) atoms. The summed E-state index contributed by atoms with van der Waals surface area (Å²) in [6.07, 6.45) is 3.31. The smallest absolute Gasteiger partial charge is 0.248 e. The number of rotatable bonds is 2. The highest BCUT2D eigenvalue weighted by Gasteiger charge is 2.54. The van der Waals surface area contributed by atoms with Gasteiger partial charge in [-0.1, -0.05) is 0 Å². The van der Waals surface area contributed by atoms with Gasteiger partial charge >= 0.3 is 0 Å². The molecular formula is C14H22N2O3. The highest BCUT2D eigenvalue weighted by molar-refractivity contribution is 5.94. The molecule has 106 valence electrons. The van der Waals surface area contributed by atoms with Crippen molar-refractivity contribution in [3.05, 3.63) is 0 Å². The lowest BCUT2D eigenvalue weighted by Crippen LogP contribution is -2.61. The first-order valence-corrected chi connectivity index (χ1v) is 7.16. The van der Waals surface area contributed by atoms with Gasteiger partial charge in [0.15, 0.2) is 0 Å². The van der Waals surface area contributed by atoms with E-state index in [1.54, 1.807) is 0 Å². The minimum atomic E-state index is -0.709. The van der Waals surface area contributed by atoms with Gasteiger partial charge in [-0.05, 0) is 39.0 Å². The van der Waals surface area contributed by atoms with Gasteiger partial charge in [0, 0.05) is 19.6 Å². The topological polar surface area (TPSA) is 58.6 Å². The third kappa shape index (κ3) is 2.04. The average Bonchev–Trinajstić information content (AvgIpc) is 3.13. The van der Waals surface area contributed by atoms with E-state index in [1.165, 1.54) is 0 Å². The number of amides is 2. The van der Waals surface area contributed by atoms with Crippen LogP contribution >= 0.6 is 0 Å². The normalized spacial score (nSPS) is 40.2. The molecule has 1 aliphatic carbocycles. The predicted octanol–water partition coefficient (Wildman–Crippen LogP) is 0.683. The van der Waals surface area contributed by atoms with E-state index in [2.05, 4.69) is 12.2 Å². The Balaban J connectivity index is 1.91. The first-order chi connectivity index (χ1) is 8.96. The Morgan fingerprint density at radius 3 is 2.63 bits per heavy atom. The quantitative estimate of drug-likeness (QED) is 0.799. The largest absolute Gasteiger partial charge is 0.379 e. The lowest BCUT2D eigenvalue weighted by molar-refractivity contribution is -0.144. The molecule has 0 aromatic heterocycles. The van der Waals surface area contributed by atoms with E-state index in [1.807, 2.05) is 11.8 Å². The van der Waals surface area contributed by atoms with Crippen molar-refractivity contribution in [1.82, 2.24) is 10.2 Å². The fourth-order valence-electron chi connectivity index (χ4n) is 3.32. The van der Waals surface area contributed by atoms with Crippen LogP contribution in [0.3, 0.4) is 0 Å². The summed E-state index contributed by atoms with van der Waals surface area (Å²) in [5, 5.41) is 2.97. The van der Waals surface area contributed by atoms with Gasteiger partial charge in [-0.25, -0.2) is 0 Å². The minimum absolute atomic E-state index is 0.00670. The number of nitrogens with zero attached hydrogens (tertiary/aromatic N) is 1.